The molecule has 0 aromatic heterocycles. The third kappa shape index (κ3) is 3.95. The summed E-state index contributed by atoms with van der Waals surface area (Å²) >= 11 is 0. The van der Waals surface area contributed by atoms with Crippen molar-refractivity contribution in [1.29, 1.82) is 0 Å². The molecular weight excluding hydrogens is 250 g/mol. The quantitative estimate of drug-likeness (QED) is 0.507. The number of rotatable bonds is 4. The summed E-state index contributed by atoms with van der Waals surface area (Å²) < 4.78 is 0. The van der Waals surface area contributed by atoms with Gasteiger partial charge in [-0.25, -0.2) is 5.43 Å². The van der Waals surface area contributed by atoms with E-state index in [0.29, 0.717) is 12.1 Å². The molecule has 0 aliphatic heterocycles. The fourth-order valence-electron chi connectivity index (χ4n) is 1.80. The molecule has 0 saturated heterocycles. The predicted molar refractivity (Wildman–Crippen MR) is 81.4 cm³/mol. The lowest BCUT2D eigenvalue weighted by Crippen LogP contribution is -2.21. The molecule has 3 N–H and O–H groups in total. The SMILES string of the molecule is CC(=NNC(=O)Cc1ccccc1)c1cccc(N)c1. The number of nitrogens with one attached hydrogen (secondary N) is 1. The third-order valence-electron chi connectivity index (χ3n) is 2.86. The fourth-order valence-corrected chi connectivity index (χ4v) is 1.80. The Morgan fingerprint density at radius 3 is 2.60 bits per heavy atom. The molecule has 0 saturated carbocycles. The number of anilines is 1. The molecule has 20 heavy (non-hydrogen) atoms. The van der Waals surface area contributed by atoms with E-state index in [1.54, 1.807) is 0 Å². The summed E-state index contributed by atoms with van der Waals surface area (Å²) in [5.74, 6) is -0.139. The van der Waals surface area contributed by atoms with Gasteiger partial charge in [0.15, 0.2) is 0 Å². The minimum atomic E-state index is -0.139. The second kappa shape index (κ2) is 6.52. The van der Waals surface area contributed by atoms with Gasteiger partial charge in [0.1, 0.15) is 0 Å². The Bertz CT molecular complexity index is 621. The zero-order chi connectivity index (χ0) is 14.4. The summed E-state index contributed by atoms with van der Waals surface area (Å²) in [5.41, 5.74) is 11.5. The van der Waals surface area contributed by atoms with Crippen LogP contribution in [0, 0.1) is 0 Å². The van der Waals surface area contributed by atoms with Gasteiger partial charge in [-0.1, -0.05) is 42.5 Å². The third-order valence-corrected chi connectivity index (χ3v) is 2.86. The first-order chi connectivity index (χ1) is 9.65. The molecule has 4 nitrogen and oxygen atoms in total. The van der Waals surface area contributed by atoms with E-state index in [1.807, 2.05) is 61.5 Å². The fraction of sp³-hybridized carbons (Fsp3) is 0.125. The molecule has 0 bridgehead atoms. The lowest BCUT2D eigenvalue weighted by atomic mass is 10.1. The number of nitrogens with two attached hydrogens (primary N) is 1. The maximum Gasteiger partial charge on any atom is 0.244 e. The zero-order valence-electron chi connectivity index (χ0n) is 11.3. The van der Waals surface area contributed by atoms with Crippen molar-refractivity contribution in [3.05, 3.63) is 65.7 Å². The first-order valence-electron chi connectivity index (χ1n) is 6.38. The molecule has 0 radical (unpaired) electrons. The molecule has 0 aliphatic carbocycles. The summed E-state index contributed by atoms with van der Waals surface area (Å²) in [7, 11) is 0. The van der Waals surface area contributed by atoms with Gasteiger partial charge in [0, 0.05) is 5.69 Å². The Hall–Kier alpha value is -2.62. The van der Waals surface area contributed by atoms with E-state index in [2.05, 4.69) is 10.5 Å². The second-order valence-corrected chi connectivity index (χ2v) is 4.52. The highest BCUT2D eigenvalue weighted by atomic mass is 16.2. The number of nitrogen functional groups attached to an aromatic ring is 1. The van der Waals surface area contributed by atoms with Gasteiger partial charge < -0.3 is 5.73 Å². The van der Waals surface area contributed by atoms with E-state index >= 15 is 0 Å². The van der Waals surface area contributed by atoms with Crippen molar-refractivity contribution in [2.75, 3.05) is 5.73 Å². The van der Waals surface area contributed by atoms with Crippen LogP contribution in [0.2, 0.25) is 0 Å². The Morgan fingerprint density at radius 2 is 1.90 bits per heavy atom. The largest absolute Gasteiger partial charge is 0.399 e. The van der Waals surface area contributed by atoms with Crippen LogP contribution < -0.4 is 11.2 Å². The summed E-state index contributed by atoms with van der Waals surface area (Å²) in [5, 5.41) is 4.09. The van der Waals surface area contributed by atoms with Crippen LogP contribution in [-0.4, -0.2) is 11.6 Å². The Labute approximate surface area is 118 Å². The summed E-state index contributed by atoms with van der Waals surface area (Å²) in [6, 6.07) is 16.9. The number of hydrogen-bond acceptors (Lipinski definition) is 3. The van der Waals surface area contributed by atoms with Crippen molar-refractivity contribution < 1.29 is 4.79 Å². The molecule has 2 aromatic carbocycles. The number of carbonyl (C=O) groups excluding carboxylic acids is 1. The molecule has 2 rings (SSSR count). The van der Waals surface area contributed by atoms with Crippen molar-refractivity contribution in [2.45, 2.75) is 13.3 Å². The van der Waals surface area contributed by atoms with E-state index < -0.39 is 0 Å². The predicted octanol–water partition coefficient (Wildman–Crippen LogP) is 2.35. The van der Waals surface area contributed by atoms with Crippen molar-refractivity contribution in [1.82, 2.24) is 5.43 Å². The van der Waals surface area contributed by atoms with Crippen LogP contribution in [-0.2, 0) is 11.2 Å². The van der Waals surface area contributed by atoms with E-state index in [1.165, 1.54) is 0 Å². The van der Waals surface area contributed by atoms with Crippen LogP contribution in [0.1, 0.15) is 18.1 Å². The van der Waals surface area contributed by atoms with E-state index in [4.69, 9.17) is 5.73 Å². The van der Waals surface area contributed by atoms with Gasteiger partial charge in [0.05, 0.1) is 12.1 Å². The molecule has 0 unspecified atom stereocenters. The molecule has 0 fully saturated rings. The average molecular weight is 267 g/mol. The van der Waals surface area contributed by atoms with Crippen LogP contribution in [0.5, 0.6) is 0 Å². The molecule has 2 aromatic rings. The van der Waals surface area contributed by atoms with Crippen LogP contribution in [0.4, 0.5) is 5.69 Å². The highest BCUT2D eigenvalue weighted by Crippen LogP contribution is 2.07. The smallest absolute Gasteiger partial charge is 0.244 e. The van der Waals surface area contributed by atoms with Crippen molar-refractivity contribution in [3.63, 3.8) is 0 Å². The van der Waals surface area contributed by atoms with Crippen molar-refractivity contribution in [2.24, 2.45) is 5.10 Å². The van der Waals surface area contributed by atoms with E-state index in [-0.39, 0.29) is 5.91 Å². The standard InChI is InChI=1S/C16H17N3O/c1-12(14-8-5-9-15(17)11-14)18-19-16(20)10-13-6-3-2-4-7-13/h2-9,11H,10,17H2,1H3,(H,19,20). The highest BCUT2D eigenvalue weighted by molar-refractivity contribution is 5.99. The van der Waals surface area contributed by atoms with E-state index in [0.717, 1.165) is 16.8 Å². The molecule has 0 heterocycles. The van der Waals surface area contributed by atoms with E-state index in [9.17, 15) is 4.79 Å². The minimum absolute atomic E-state index is 0.139. The molecular formula is C16H17N3O. The van der Waals surface area contributed by atoms with Crippen molar-refractivity contribution in [3.8, 4) is 0 Å². The monoisotopic (exact) mass is 267 g/mol. The molecule has 102 valence electrons. The maximum absolute atomic E-state index is 11.8. The molecule has 0 aliphatic rings. The van der Waals surface area contributed by atoms with Gasteiger partial charge in [-0.2, -0.15) is 5.10 Å². The molecule has 0 atom stereocenters. The minimum Gasteiger partial charge on any atom is -0.399 e. The Kier molecular flexibility index (Phi) is 4.50. The number of hydrazone groups is 1. The topological polar surface area (TPSA) is 67.5 Å². The normalized spacial score (nSPS) is 11.2. The molecule has 1 amide bonds. The van der Waals surface area contributed by atoms with Crippen molar-refractivity contribution >= 4 is 17.3 Å². The van der Waals surface area contributed by atoms with Crippen LogP contribution in [0.15, 0.2) is 59.7 Å². The van der Waals surface area contributed by atoms with Gasteiger partial charge >= 0.3 is 0 Å². The number of hydrogen-bond donors (Lipinski definition) is 2. The summed E-state index contributed by atoms with van der Waals surface area (Å²) in [6.07, 6.45) is 0.314. The van der Waals surface area contributed by atoms with Crippen LogP contribution in [0.25, 0.3) is 0 Å². The zero-order valence-corrected chi connectivity index (χ0v) is 11.3. The number of amides is 1. The molecule has 4 heteroatoms. The van der Waals surface area contributed by atoms with Gasteiger partial charge in [-0.05, 0) is 30.2 Å². The molecule has 0 spiro atoms. The van der Waals surface area contributed by atoms with Crippen LogP contribution >= 0.6 is 0 Å². The second-order valence-electron chi connectivity index (χ2n) is 4.52. The van der Waals surface area contributed by atoms with Gasteiger partial charge in [0.25, 0.3) is 0 Å². The van der Waals surface area contributed by atoms with Gasteiger partial charge in [-0.3, -0.25) is 4.79 Å². The highest BCUT2D eigenvalue weighted by Gasteiger charge is 2.03. The lowest BCUT2D eigenvalue weighted by molar-refractivity contribution is -0.120. The number of carbonyl (C=O) groups is 1. The lowest BCUT2D eigenvalue weighted by Gasteiger charge is -2.04. The Morgan fingerprint density at radius 1 is 1.15 bits per heavy atom. The first kappa shape index (κ1) is 13.8. The van der Waals surface area contributed by atoms with Gasteiger partial charge in [-0.15, -0.1) is 0 Å². The van der Waals surface area contributed by atoms with Crippen LogP contribution in [0.3, 0.4) is 0 Å². The summed E-state index contributed by atoms with van der Waals surface area (Å²) in [6.45, 7) is 1.83. The maximum atomic E-state index is 11.8. The number of benzene rings is 2. The average Bonchev–Trinajstić information content (AvgIpc) is 2.46. The first-order valence-corrected chi connectivity index (χ1v) is 6.38. The summed E-state index contributed by atoms with van der Waals surface area (Å²) in [4.78, 5) is 11.8. The number of nitrogens with zero attached hydrogens (tertiary/aromatic N) is 1. The van der Waals surface area contributed by atoms with Gasteiger partial charge in [0.2, 0.25) is 5.91 Å². The Balaban J connectivity index is 1.97.